The first-order valence-electron chi connectivity index (χ1n) is 18.1. The molecule has 1 fully saturated rings. The Bertz CT molecular complexity index is 459. The molecule has 1 rings (SSSR count). The molecule has 63 heavy (non-hydrogen) atoms. The first-order chi connectivity index (χ1) is 29.6. The third-order valence-corrected chi connectivity index (χ3v) is 4.42. The quantitative estimate of drug-likeness (QED) is 0.0504. The second kappa shape index (κ2) is 81.0. The summed E-state index contributed by atoms with van der Waals surface area (Å²) < 4.78 is 4.50. The van der Waals surface area contributed by atoms with E-state index >= 15 is 0 Å². The van der Waals surface area contributed by atoms with Gasteiger partial charge in [0.1, 0.15) is 61.0 Å². The summed E-state index contributed by atoms with van der Waals surface area (Å²) in [5, 5.41) is 240. The van der Waals surface area contributed by atoms with Crippen molar-refractivity contribution in [2.45, 2.75) is 61.0 Å². The van der Waals surface area contributed by atoms with Crippen LogP contribution in [0.15, 0.2) is 0 Å². The highest BCUT2D eigenvalue weighted by molar-refractivity contribution is 4.48. The van der Waals surface area contributed by atoms with Gasteiger partial charge in [0.15, 0.2) is 0 Å². The van der Waals surface area contributed by atoms with Gasteiger partial charge < -0.3 is 158 Å². The van der Waals surface area contributed by atoms with E-state index in [2.05, 4.69) is 4.74 Å². The molecule has 0 aromatic heterocycles. The van der Waals surface area contributed by atoms with Gasteiger partial charge in [0.05, 0.1) is 145 Å². The lowest BCUT2D eigenvalue weighted by Crippen LogP contribution is -2.15. The van der Waals surface area contributed by atoms with Crippen LogP contribution in [0, 0.1) is 0 Å². The van der Waals surface area contributed by atoms with Crippen molar-refractivity contribution < 1.29 is 158 Å². The fourth-order valence-corrected chi connectivity index (χ4v) is 0.577. The van der Waals surface area contributed by atoms with Crippen molar-refractivity contribution >= 4 is 0 Å². The topological polar surface area (TPSA) is 619 Å². The number of aliphatic hydroxyl groups excluding tert-OH is 30. The second-order valence-electron chi connectivity index (χ2n) is 10.8. The maximum atomic E-state index is 8.17. The lowest BCUT2D eigenvalue weighted by atomic mass is 10.4. The van der Waals surface area contributed by atoms with Gasteiger partial charge in [0.2, 0.25) is 0 Å². The molecule has 0 aliphatic carbocycles. The molecule has 1 aliphatic rings. The largest absolute Gasteiger partial charge is 0.394 e. The average molecular weight is 965 g/mol. The standard InChI is InChI=1S/10C3H8O3.C2H4O/c10*4-1-3(6)2-5;1-2-3-1/h10*3-6H,1-2H2;1-2H2. The fraction of sp³-hybridized carbons (Fsp3) is 1.00. The van der Waals surface area contributed by atoms with Crippen LogP contribution in [0.3, 0.4) is 0 Å². The van der Waals surface area contributed by atoms with Crippen molar-refractivity contribution in [2.75, 3.05) is 145 Å². The van der Waals surface area contributed by atoms with Crippen LogP contribution >= 0.6 is 0 Å². The van der Waals surface area contributed by atoms with Crippen LogP contribution in [0.4, 0.5) is 0 Å². The molecule has 0 amide bonds. The summed E-state index contributed by atoms with van der Waals surface area (Å²) in [6.07, 6.45) is -9.54. The predicted molar refractivity (Wildman–Crippen MR) is 213 cm³/mol. The maximum absolute atomic E-state index is 8.17. The van der Waals surface area contributed by atoms with Gasteiger partial charge in [-0.25, -0.2) is 0 Å². The summed E-state index contributed by atoms with van der Waals surface area (Å²) in [6, 6.07) is 0. The van der Waals surface area contributed by atoms with Crippen molar-refractivity contribution in [1.82, 2.24) is 0 Å². The first kappa shape index (κ1) is 85.1. The Hall–Kier alpha value is -1.24. The molecule has 1 aliphatic heterocycles. The Balaban J connectivity index is -0.0000000614. The van der Waals surface area contributed by atoms with Crippen LogP contribution in [-0.2, 0) is 4.74 Å². The summed E-state index contributed by atoms with van der Waals surface area (Å²) >= 11 is 0. The van der Waals surface area contributed by atoms with E-state index in [1.54, 1.807) is 0 Å². The Morgan fingerprint density at radius 2 is 0.222 bits per heavy atom. The molecule has 0 unspecified atom stereocenters. The molecule has 30 N–H and O–H groups in total. The second-order valence-corrected chi connectivity index (χ2v) is 10.8. The zero-order valence-corrected chi connectivity index (χ0v) is 35.2. The summed E-state index contributed by atoms with van der Waals surface area (Å²) in [4.78, 5) is 0. The van der Waals surface area contributed by atoms with Gasteiger partial charge in [0, 0.05) is 0 Å². The van der Waals surface area contributed by atoms with Crippen LogP contribution in [0.2, 0.25) is 0 Å². The van der Waals surface area contributed by atoms with Gasteiger partial charge in [-0.05, 0) is 0 Å². The normalized spacial score (nSPS) is 10.7. The number of hydrogen-bond acceptors (Lipinski definition) is 31. The van der Waals surface area contributed by atoms with E-state index in [1.807, 2.05) is 0 Å². The number of aliphatic hydroxyl groups is 30. The highest BCUT2D eigenvalue weighted by Gasteiger charge is 1.98. The predicted octanol–water partition coefficient (Wildman–Crippen LogP) is -16.7. The van der Waals surface area contributed by atoms with Crippen LogP contribution < -0.4 is 0 Å². The number of rotatable bonds is 20. The summed E-state index contributed by atoms with van der Waals surface area (Å²) in [6.45, 7) is -5.29. The van der Waals surface area contributed by atoms with Crippen LogP contribution in [-0.4, -0.2) is 360 Å². The molecule has 0 saturated carbocycles. The lowest BCUT2D eigenvalue weighted by molar-refractivity contribution is 0.0450. The van der Waals surface area contributed by atoms with Crippen LogP contribution in [0.1, 0.15) is 0 Å². The first-order valence-corrected chi connectivity index (χ1v) is 18.1. The Morgan fingerprint density at radius 3 is 0.222 bits per heavy atom. The molecule has 31 nitrogen and oxygen atoms in total. The van der Waals surface area contributed by atoms with Gasteiger partial charge in [-0.15, -0.1) is 0 Å². The number of hydrogen-bond donors (Lipinski definition) is 30. The minimum absolute atomic E-state index is 0.365. The molecule has 0 spiro atoms. The zero-order chi connectivity index (χ0) is 52.0. The fourth-order valence-electron chi connectivity index (χ4n) is 0.577. The van der Waals surface area contributed by atoms with Gasteiger partial charge in [-0.2, -0.15) is 0 Å². The van der Waals surface area contributed by atoms with E-state index in [-0.39, 0.29) is 132 Å². The molecule has 0 aromatic carbocycles. The molecular weight excluding hydrogens is 880 g/mol. The molecule has 0 atom stereocenters. The van der Waals surface area contributed by atoms with E-state index < -0.39 is 61.0 Å². The Morgan fingerprint density at radius 1 is 0.175 bits per heavy atom. The third kappa shape index (κ3) is 133. The van der Waals surface area contributed by atoms with Gasteiger partial charge in [-0.1, -0.05) is 0 Å². The Kier molecular flexibility index (Phi) is 109. The Labute approximate surface area is 364 Å². The van der Waals surface area contributed by atoms with E-state index in [9.17, 15) is 0 Å². The van der Waals surface area contributed by atoms with E-state index in [4.69, 9.17) is 153 Å². The third-order valence-electron chi connectivity index (χ3n) is 4.42. The van der Waals surface area contributed by atoms with Crippen LogP contribution in [0.5, 0.6) is 0 Å². The smallest absolute Gasteiger partial charge is 0.100 e. The SMILES string of the molecule is C1CO1.OCC(O)CO.OCC(O)CO.OCC(O)CO.OCC(O)CO.OCC(O)CO.OCC(O)CO.OCC(O)CO.OCC(O)CO.OCC(O)CO.OCC(O)CO. The highest BCUT2D eigenvalue weighted by Crippen LogP contribution is 1.84. The highest BCUT2D eigenvalue weighted by atomic mass is 16.6. The van der Waals surface area contributed by atoms with E-state index in [0.717, 1.165) is 13.2 Å². The van der Waals surface area contributed by atoms with Gasteiger partial charge in [0.25, 0.3) is 0 Å². The average Bonchev–Trinajstić information content (AvgIpc) is 4.25. The summed E-state index contributed by atoms with van der Waals surface area (Å²) in [5.41, 5.74) is 0. The van der Waals surface area contributed by atoms with Crippen molar-refractivity contribution in [3.05, 3.63) is 0 Å². The minimum atomic E-state index is -0.954. The van der Waals surface area contributed by atoms with Crippen molar-refractivity contribution in [1.29, 1.82) is 0 Å². The molecular formula is C32H84O31. The maximum Gasteiger partial charge on any atom is 0.100 e. The van der Waals surface area contributed by atoms with Gasteiger partial charge in [-0.3, -0.25) is 0 Å². The molecule has 31 heteroatoms. The molecule has 0 bridgehead atoms. The summed E-state index contributed by atoms with van der Waals surface area (Å²) in [5.74, 6) is 0. The van der Waals surface area contributed by atoms with E-state index in [1.165, 1.54) is 0 Å². The van der Waals surface area contributed by atoms with Crippen molar-refractivity contribution in [3.63, 3.8) is 0 Å². The van der Waals surface area contributed by atoms with Gasteiger partial charge >= 0.3 is 0 Å². The molecule has 0 radical (unpaired) electrons. The number of epoxide rings is 1. The van der Waals surface area contributed by atoms with Crippen molar-refractivity contribution in [3.8, 4) is 0 Å². The van der Waals surface area contributed by atoms with Crippen LogP contribution in [0.25, 0.3) is 0 Å². The molecule has 0 aromatic rings. The lowest BCUT2D eigenvalue weighted by Gasteiger charge is -1.96. The number of ether oxygens (including phenoxy) is 1. The molecule has 398 valence electrons. The molecule has 1 heterocycles. The van der Waals surface area contributed by atoms with E-state index in [0.29, 0.717) is 0 Å². The summed E-state index contributed by atoms with van der Waals surface area (Å²) in [7, 11) is 0. The molecule has 1 saturated heterocycles. The monoisotopic (exact) mass is 964 g/mol. The minimum Gasteiger partial charge on any atom is -0.394 e. The zero-order valence-electron chi connectivity index (χ0n) is 35.2. The van der Waals surface area contributed by atoms with Crippen molar-refractivity contribution in [2.24, 2.45) is 0 Å².